The molecule has 0 aliphatic heterocycles. The fourth-order valence-electron chi connectivity index (χ4n) is 1.49. The third kappa shape index (κ3) is 1.59. The molecule has 1 aromatic rings. The van der Waals surface area contributed by atoms with Gasteiger partial charge in [-0.1, -0.05) is 6.07 Å². The predicted molar refractivity (Wildman–Crippen MR) is 53.0 cm³/mol. The summed E-state index contributed by atoms with van der Waals surface area (Å²) in [7, 11) is 0. The van der Waals surface area contributed by atoms with Crippen LogP contribution in [0.15, 0.2) is 12.1 Å². The van der Waals surface area contributed by atoms with Crippen LogP contribution in [0.1, 0.15) is 31.8 Å². The molecule has 0 fully saturated rings. The van der Waals surface area contributed by atoms with Gasteiger partial charge in [-0.05, 0) is 31.0 Å². The molecule has 4 N–H and O–H groups in total. The molecule has 0 aromatic heterocycles. The maximum Gasteiger partial charge on any atom is 0.249 e. The quantitative estimate of drug-likeness (QED) is 0.714. The smallest absolute Gasteiger partial charge is 0.249 e. The first-order valence-corrected chi connectivity index (χ1v) is 4.15. The Balaban J connectivity index is 3.49. The highest BCUT2D eigenvalue weighted by atomic mass is 16.1. The second kappa shape index (κ2) is 3.49. The summed E-state index contributed by atoms with van der Waals surface area (Å²) in [5.74, 6) is -1.09. The number of primary amides is 2. The van der Waals surface area contributed by atoms with Crippen molar-refractivity contribution in [3.05, 3.63) is 34.4 Å². The summed E-state index contributed by atoms with van der Waals surface area (Å²) < 4.78 is 0. The summed E-state index contributed by atoms with van der Waals surface area (Å²) in [6.45, 7) is 3.42. The second-order valence-electron chi connectivity index (χ2n) is 3.16. The van der Waals surface area contributed by atoms with Crippen LogP contribution in [0, 0.1) is 13.8 Å². The minimum absolute atomic E-state index is 0.337. The Kier molecular flexibility index (Phi) is 2.56. The van der Waals surface area contributed by atoms with Gasteiger partial charge in [-0.2, -0.15) is 0 Å². The second-order valence-corrected chi connectivity index (χ2v) is 3.16. The summed E-state index contributed by atoms with van der Waals surface area (Å²) in [6, 6.07) is 3.26. The van der Waals surface area contributed by atoms with Gasteiger partial charge in [0.05, 0.1) is 0 Å². The van der Waals surface area contributed by atoms with Crippen LogP contribution in [0.3, 0.4) is 0 Å². The van der Waals surface area contributed by atoms with Crippen LogP contribution in [0.4, 0.5) is 0 Å². The highest BCUT2D eigenvalue weighted by molar-refractivity contribution is 6.01. The Morgan fingerprint density at radius 3 is 2.07 bits per heavy atom. The normalized spacial score (nSPS) is 9.86. The van der Waals surface area contributed by atoms with E-state index in [9.17, 15) is 9.59 Å². The third-order valence-electron chi connectivity index (χ3n) is 2.19. The molecule has 1 aromatic carbocycles. The fourth-order valence-corrected chi connectivity index (χ4v) is 1.49. The Labute approximate surface area is 81.9 Å². The Bertz CT molecular complexity index is 411. The Hall–Kier alpha value is -1.84. The number of aryl methyl sites for hydroxylation is 1. The molecule has 0 unspecified atom stereocenters. The van der Waals surface area contributed by atoms with Crippen LogP contribution in [-0.4, -0.2) is 11.8 Å². The van der Waals surface area contributed by atoms with E-state index in [0.717, 1.165) is 5.56 Å². The van der Waals surface area contributed by atoms with Gasteiger partial charge in [-0.3, -0.25) is 9.59 Å². The summed E-state index contributed by atoms with van der Waals surface area (Å²) in [4.78, 5) is 22.1. The number of nitrogens with two attached hydrogens (primary N) is 2. The first-order valence-electron chi connectivity index (χ1n) is 4.15. The van der Waals surface area contributed by atoms with Crippen molar-refractivity contribution in [2.24, 2.45) is 11.5 Å². The van der Waals surface area contributed by atoms with Crippen molar-refractivity contribution in [3.8, 4) is 0 Å². The Morgan fingerprint density at radius 1 is 1.07 bits per heavy atom. The van der Waals surface area contributed by atoms with Crippen molar-refractivity contribution in [1.82, 2.24) is 0 Å². The van der Waals surface area contributed by atoms with Crippen molar-refractivity contribution in [2.45, 2.75) is 13.8 Å². The number of rotatable bonds is 2. The lowest BCUT2D eigenvalue weighted by Gasteiger charge is -2.08. The zero-order valence-corrected chi connectivity index (χ0v) is 8.13. The van der Waals surface area contributed by atoms with Crippen molar-refractivity contribution in [1.29, 1.82) is 0 Å². The van der Waals surface area contributed by atoms with Crippen molar-refractivity contribution in [3.63, 3.8) is 0 Å². The van der Waals surface area contributed by atoms with Crippen LogP contribution in [0.25, 0.3) is 0 Å². The number of carbonyl (C=O) groups excluding carboxylic acids is 2. The maximum absolute atomic E-state index is 11.1. The molecule has 0 saturated heterocycles. The van der Waals surface area contributed by atoms with Crippen molar-refractivity contribution >= 4 is 11.8 Å². The summed E-state index contributed by atoms with van der Waals surface area (Å²) in [5.41, 5.74) is 12.3. The zero-order chi connectivity index (χ0) is 10.9. The number of hydrogen-bond donors (Lipinski definition) is 2. The molecule has 0 spiro atoms. The highest BCUT2D eigenvalue weighted by Crippen LogP contribution is 2.17. The predicted octanol–water partition coefficient (Wildman–Crippen LogP) is 0.501. The number of hydrogen-bond acceptors (Lipinski definition) is 2. The molecule has 0 radical (unpaired) electrons. The number of carbonyl (C=O) groups is 2. The average Bonchev–Trinajstić information content (AvgIpc) is 2.02. The van der Waals surface area contributed by atoms with Crippen LogP contribution >= 0.6 is 0 Å². The first kappa shape index (κ1) is 10.2. The first-order chi connectivity index (χ1) is 6.45. The minimum atomic E-state index is -0.551. The fraction of sp³-hybridized carbons (Fsp3) is 0.200. The molecular formula is C10H12N2O2. The molecule has 74 valence electrons. The molecule has 4 nitrogen and oxygen atoms in total. The lowest BCUT2D eigenvalue weighted by Crippen LogP contribution is -2.19. The number of benzene rings is 1. The van der Waals surface area contributed by atoms with Gasteiger partial charge in [0.1, 0.15) is 0 Å². The molecule has 0 heterocycles. The van der Waals surface area contributed by atoms with Gasteiger partial charge in [0, 0.05) is 11.1 Å². The van der Waals surface area contributed by atoms with Crippen LogP contribution < -0.4 is 11.5 Å². The van der Waals surface area contributed by atoms with Gasteiger partial charge in [0.15, 0.2) is 0 Å². The Morgan fingerprint density at radius 2 is 1.64 bits per heavy atom. The summed E-state index contributed by atoms with van der Waals surface area (Å²) >= 11 is 0. The van der Waals surface area contributed by atoms with Crippen molar-refractivity contribution in [2.75, 3.05) is 0 Å². The average molecular weight is 192 g/mol. The lowest BCUT2D eigenvalue weighted by molar-refractivity contribution is 0.0998. The molecule has 4 heteroatoms. The van der Waals surface area contributed by atoms with Gasteiger partial charge in [-0.15, -0.1) is 0 Å². The molecule has 14 heavy (non-hydrogen) atoms. The van der Waals surface area contributed by atoms with Crippen LogP contribution in [-0.2, 0) is 0 Å². The van der Waals surface area contributed by atoms with Gasteiger partial charge in [0.25, 0.3) is 0 Å². The summed E-state index contributed by atoms with van der Waals surface area (Å²) in [6.07, 6.45) is 0. The van der Waals surface area contributed by atoms with Crippen molar-refractivity contribution < 1.29 is 9.59 Å². The van der Waals surface area contributed by atoms with E-state index >= 15 is 0 Å². The SMILES string of the molecule is Cc1ccc(C(N)=O)c(C)c1C(N)=O. The molecule has 0 aliphatic carbocycles. The molecule has 0 aliphatic rings. The molecule has 0 saturated carbocycles. The molecule has 0 atom stereocenters. The van der Waals surface area contributed by atoms with E-state index < -0.39 is 11.8 Å². The minimum Gasteiger partial charge on any atom is -0.366 e. The molecule has 0 bridgehead atoms. The number of amides is 2. The van der Waals surface area contributed by atoms with Crippen LogP contribution in [0.2, 0.25) is 0 Å². The van der Waals surface area contributed by atoms with Gasteiger partial charge in [-0.25, -0.2) is 0 Å². The van der Waals surface area contributed by atoms with E-state index in [1.165, 1.54) is 0 Å². The monoisotopic (exact) mass is 192 g/mol. The maximum atomic E-state index is 11.1. The third-order valence-corrected chi connectivity index (χ3v) is 2.19. The topological polar surface area (TPSA) is 86.2 Å². The van der Waals surface area contributed by atoms with E-state index in [2.05, 4.69) is 0 Å². The molecule has 1 rings (SSSR count). The molecule has 2 amide bonds. The standard InChI is InChI=1S/C10H12N2O2/c1-5-3-4-7(9(11)13)6(2)8(5)10(12)14/h3-4H,1-2H3,(H2,11,13)(H2,12,14). The highest BCUT2D eigenvalue weighted by Gasteiger charge is 2.14. The van der Waals surface area contributed by atoms with Gasteiger partial charge >= 0.3 is 0 Å². The van der Waals surface area contributed by atoms with Crippen LogP contribution in [0.5, 0.6) is 0 Å². The van der Waals surface area contributed by atoms with E-state index in [0.29, 0.717) is 16.7 Å². The zero-order valence-electron chi connectivity index (χ0n) is 8.13. The molecular weight excluding hydrogens is 180 g/mol. The van der Waals surface area contributed by atoms with Gasteiger partial charge in [0.2, 0.25) is 11.8 Å². The lowest BCUT2D eigenvalue weighted by atomic mass is 9.97. The van der Waals surface area contributed by atoms with E-state index in [4.69, 9.17) is 11.5 Å². The summed E-state index contributed by atoms with van der Waals surface area (Å²) in [5, 5.41) is 0. The van der Waals surface area contributed by atoms with E-state index in [1.807, 2.05) is 0 Å². The van der Waals surface area contributed by atoms with E-state index in [1.54, 1.807) is 26.0 Å². The largest absolute Gasteiger partial charge is 0.366 e. The van der Waals surface area contributed by atoms with Gasteiger partial charge < -0.3 is 11.5 Å². The van der Waals surface area contributed by atoms with E-state index in [-0.39, 0.29) is 0 Å².